The number of hydrogen-bond donors (Lipinski definition) is 1. The van der Waals surface area contributed by atoms with E-state index >= 15 is 0 Å². The molecule has 1 unspecified atom stereocenters. The van der Waals surface area contributed by atoms with Crippen LogP contribution in [0.5, 0.6) is 0 Å². The summed E-state index contributed by atoms with van der Waals surface area (Å²) in [5, 5.41) is 14.3. The molecule has 0 aliphatic rings. The fourth-order valence-electron chi connectivity index (χ4n) is 2.09. The van der Waals surface area contributed by atoms with Crippen LogP contribution >= 0.6 is 0 Å². The zero-order chi connectivity index (χ0) is 14.4. The summed E-state index contributed by atoms with van der Waals surface area (Å²) in [6.45, 7) is 2.75. The summed E-state index contributed by atoms with van der Waals surface area (Å²) in [4.78, 5) is 14.6. The molecule has 1 N–H and O–H groups in total. The fourth-order valence-corrected chi connectivity index (χ4v) is 2.09. The third-order valence-electron chi connectivity index (χ3n) is 3.24. The van der Waals surface area contributed by atoms with Gasteiger partial charge in [0.15, 0.2) is 0 Å². The number of nitro benzene ring substituents is 1. The van der Waals surface area contributed by atoms with E-state index in [9.17, 15) is 10.1 Å². The van der Waals surface area contributed by atoms with Gasteiger partial charge in [-0.05, 0) is 37.6 Å². The summed E-state index contributed by atoms with van der Waals surface area (Å²) in [7, 11) is 0. The lowest BCUT2D eigenvalue weighted by atomic mass is 10.1. The van der Waals surface area contributed by atoms with Gasteiger partial charge in [0.25, 0.3) is 5.69 Å². The number of nitrogens with zero attached hydrogens (tertiary/aromatic N) is 2. The Labute approximate surface area is 117 Å². The molecule has 0 aliphatic carbocycles. The summed E-state index contributed by atoms with van der Waals surface area (Å²) >= 11 is 0. The number of nitrogens with one attached hydrogen (secondary N) is 1. The van der Waals surface area contributed by atoms with Crippen molar-refractivity contribution in [1.29, 1.82) is 0 Å². The highest BCUT2D eigenvalue weighted by molar-refractivity contribution is 5.39. The second kappa shape index (κ2) is 6.77. The molecule has 0 amide bonds. The lowest BCUT2D eigenvalue weighted by Gasteiger charge is -2.13. The van der Waals surface area contributed by atoms with Crippen molar-refractivity contribution in [3.05, 3.63) is 70.0 Å². The van der Waals surface area contributed by atoms with Crippen LogP contribution in [0, 0.1) is 10.1 Å². The number of aromatic nitrogens is 1. The third-order valence-corrected chi connectivity index (χ3v) is 3.24. The summed E-state index contributed by atoms with van der Waals surface area (Å²) in [5.41, 5.74) is 2.10. The second-order valence-electron chi connectivity index (χ2n) is 4.59. The molecule has 20 heavy (non-hydrogen) atoms. The summed E-state index contributed by atoms with van der Waals surface area (Å²) in [6.07, 6.45) is 4.15. The molecule has 0 radical (unpaired) electrons. The molecule has 2 rings (SSSR count). The molecule has 5 heteroatoms. The Kier molecular flexibility index (Phi) is 4.79. The summed E-state index contributed by atoms with van der Waals surface area (Å²) in [6, 6.07) is 11.0. The minimum absolute atomic E-state index is 0.186. The van der Waals surface area contributed by atoms with Gasteiger partial charge in [0, 0.05) is 30.1 Å². The lowest BCUT2D eigenvalue weighted by molar-refractivity contribution is -0.385. The molecule has 1 heterocycles. The molecule has 0 bridgehead atoms. The van der Waals surface area contributed by atoms with Gasteiger partial charge >= 0.3 is 0 Å². The van der Waals surface area contributed by atoms with Crippen LogP contribution in [0.3, 0.4) is 0 Å². The van der Waals surface area contributed by atoms with E-state index in [2.05, 4.69) is 17.2 Å². The minimum Gasteiger partial charge on any atom is -0.310 e. The van der Waals surface area contributed by atoms with Crippen molar-refractivity contribution in [2.75, 3.05) is 6.54 Å². The van der Waals surface area contributed by atoms with E-state index in [4.69, 9.17) is 0 Å². The molecule has 104 valence electrons. The largest absolute Gasteiger partial charge is 0.310 e. The van der Waals surface area contributed by atoms with Crippen LogP contribution in [0.4, 0.5) is 5.69 Å². The average Bonchev–Trinajstić information content (AvgIpc) is 2.48. The Morgan fingerprint density at radius 1 is 1.25 bits per heavy atom. The monoisotopic (exact) mass is 271 g/mol. The molecule has 1 aromatic heterocycles. The van der Waals surface area contributed by atoms with Gasteiger partial charge in [-0.1, -0.05) is 18.2 Å². The molecule has 0 saturated carbocycles. The van der Waals surface area contributed by atoms with Crippen molar-refractivity contribution in [2.24, 2.45) is 0 Å². The third kappa shape index (κ3) is 3.61. The van der Waals surface area contributed by atoms with E-state index in [-0.39, 0.29) is 16.7 Å². The van der Waals surface area contributed by atoms with E-state index in [1.54, 1.807) is 30.6 Å². The van der Waals surface area contributed by atoms with Gasteiger partial charge in [-0.2, -0.15) is 0 Å². The molecular formula is C15H17N3O2. The van der Waals surface area contributed by atoms with E-state index < -0.39 is 0 Å². The van der Waals surface area contributed by atoms with E-state index in [0.717, 1.165) is 11.1 Å². The first-order valence-corrected chi connectivity index (χ1v) is 6.54. The molecule has 1 aromatic carbocycles. The van der Waals surface area contributed by atoms with Crippen LogP contribution in [-0.2, 0) is 6.42 Å². The molecule has 5 nitrogen and oxygen atoms in total. The van der Waals surface area contributed by atoms with Gasteiger partial charge in [-0.25, -0.2) is 0 Å². The maximum absolute atomic E-state index is 10.9. The van der Waals surface area contributed by atoms with Crippen molar-refractivity contribution < 1.29 is 4.92 Å². The number of nitro groups is 1. The summed E-state index contributed by atoms with van der Waals surface area (Å²) < 4.78 is 0. The Bertz CT molecular complexity index is 572. The standard InChI is InChI=1S/C15H17N3O2/c1-12(13-6-9-16-10-7-13)17-11-8-14-4-2-3-5-15(14)18(19)20/h2-7,9-10,12,17H,8,11H2,1H3. The van der Waals surface area contributed by atoms with Crippen molar-refractivity contribution in [1.82, 2.24) is 10.3 Å². The van der Waals surface area contributed by atoms with Crippen LogP contribution < -0.4 is 5.32 Å². The maximum atomic E-state index is 10.9. The number of benzene rings is 1. The number of hydrogen-bond acceptors (Lipinski definition) is 4. The molecule has 0 saturated heterocycles. The van der Waals surface area contributed by atoms with Gasteiger partial charge in [0.2, 0.25) is 0 Å². The predicted molar refractivity (Wildman–Crippen MR) is 77.5 cm³/mol. The van der Waals surface area contributed by atoms with Crippen LogP contribution in [0.1, 0.15) is 24.1 Å². The smallest absolute Gasteiger partial charge is 0.272 e. The Morgan fingerprint density at radius 2 is 1.95 bits per heavy atom. The van der Waals surface area contributed by atoms with Gasteiger partial charge in [0.05, 0.1) is 4.92 Å². The zero-order valence-corrected chi connectivity index (χ0v) is 11.3. The lowest BCUT2D eigenvalue weighted by Crippen LogP contribution is -2.21. The number of para-hydroxylation sites is 1. The first-order valence-electron chi connectivity index (χ1n) is 6.54. The topological polar surface area (TPSA) is 68.1 Å². The highest BCUT2D eigenvalue weighted by Crippen LogP contribution is 2.18. The molecule has 1 atom stereocenters. The predicted octanol–water partition coefficient (Wildman–Crippen LogP) is 2.88. The van der Waals surface area contributed by atoms with Crippen molar-refractivity contribution >= 4 is 5.69 Å². The van der Waals surface area contributed by atoms with E-state index in [0.29, 0.717) is 13.0 Å². The molecule has 0 aliphatic heterocycles. The maximum Gasteiger partial charge on any atom is 0.272 e. The number of pyridine rings is 1. The zero-order valence-electron chi connectivity index (χ0n) is 11.3. The SMILES string of the molecule is CC(NCCc1ccccc1[N+](=O)[O-])c1ccncc1. The van der Waals surface area contributed by atoms with Gasteiger partial charge < -0.3 is 5.32 Å². The highest BCUT2D eigenvalue weighted by atomic mass is 16.6. The Morgan fingerprint density at radius 3 is 2.65 bits per heavy atom. The Hall–Kier alpha value is -2.27. The van der Waals surface area contributed by atoms with Crippen molar-refractivity contribution in [3.63, 3.8) is 0 Å². The van der Waals surface area contributed by atoms with Crippen molar-refractivity contribution in [3.8, 4) is 0 Å². The second-order valence-corrected chi connectivity index (χ2v) is 4.59. The van der Waals surface area contributed by atoms with Crippen LogP contribution in [0.25, 0.3) is 0 Å². The average molecular weight is 271 g/mol. The van der Waals surface area contributed by atoms with Crippen LogP contribution in [0.2, 0.25) is 0 Å². The molecule has 0 fully saturated rings. The van der Waals surface area contributed by atoms with Gasteiger partial charge in [-0.3, -0.25) is 15.1 Å². The number of rotatable bonds is 6. The van der Waals surface area contributed by atoms with Gasteiger partial charge in [-0.15, -0.1) is 0 Å². The fraction of sp³-hybridized carbons (Fsp3) is 0.267. The van der Waals surface area contributed by atoms with Crippen LogP contribution in [0.15, 0.2) is 48.8 Å². The first-order chi connectivity index (χ1) is 9.68. The van der Waals surface area contributed by atoms with E-state index in [1.807, 2.05) is 18.2 Å². The normalized spacial score (nSPS) is 12.1. The quantitative estimate of drug-likeness (QED) is 0.648. The Balaban J connectivity index is 1.92. The molecule has 0 spiro atoms. The minimum atomic E-state index is -0.332. The summed E-state index contributed by atoms with van der Waals surface area (Å²) in [5.74, 6) is 0. The van der Waals surface area contributed by atoms with E-state index in [1.165, 1.54) is 0 Å². The van der Waals surface area contributed by atoms with Gasteiger partial charge in [0.1, 0.15) is 0 Å². The molecule has 2 aromatic rings. The highest BCUT2D eigenvalue weighted by Gasteiger charge is 2.12. The van der Waals surface area contributed by atoms with Crippen molar-refractivity contribution in [2.45, 2.75) is 19.4 Å². The molecular weight excluding hydrogens is 254 g/mol. The van der Waals surface area contributed by atoms with Crippen LogP contribution in [-0.4, -0.2) is 16.5 Å². The first kappa shape index (κ1) is 14.1.